The van der Waals surface area contributed by atoms with Crippen molar-refractivity contribution in [2.24, 2.45) is 0 Å². The SMILES string of the molecule is CCCc1cc2cc(Cl)cc(C(F)(F)F)c2nc1Cl. The van der Waals surface area contributed by atoms with Gasteiger partial charge in [0.25, 0.3) is 0 Å². The van der Waals surface area contributed by atoms with Crippen LogP contribution in [0.2, 0.25) is 10.2 Å². The van der Waals surface area contributed by atoms with Gasteiger partial charge in [0, 0.05) is 10.4 Å². The van der Waals surface area contributed by atoms with Crippen molar-refractivity contribution in [1.29, 1.82) is 0 Å². The summed E-state index contributed by atoms with van der Waals surface area (Å²) in [6.07, 6.45) is -3.01. The normalized spacial score (nSPS) is 12.1. The number of aryl methyl sites for hydroxylation is 1. The first-order valence-corrected chi connectivity index (χ1v) is 6.44. The van der Waals surface area contributed by atoms with Crippen molar-refractivity contribution in [3.63, 3.8) is 0 Å². The Balaban J connectivity index is 2.75. The predicted octanol–water partition coefficient (Wildman–Crippen LogP) is 5.51. The maximum Gasteiger partial charge on any atom is 0.418 e. The summed E-state index contributed by atoms with van der Waals surface area (Å²) in [7, 11) is 0. The molecule has 0 unspecified atom stereocenters. The Morgan fingerprint density at radius 2 is 1.84 bits per heavy atom. The highest BCUT2D eigenvalue weighted by atomic mass is 35.5. The van der Waals surface area contributed by atoms with Crippen LogP contribution < -0.4 is 0 Å². The topological polar surface area (TPSA) is 12.9 Å². The van der Waals surface area contributed by atoms with Gasteiger partial charge in [-0.15, -0.1) is 0 Å². The van der Waals surface area contributed by atoms with Gasteiger partial charge in [-0.25, -0.2) is 4.98 Å². The van der Waals surface area contributed by atoms with E-state index in [-0.39, 0.29) is 15.7 Å². The number of hydrogen-bond acceptors (Lipinski definition) is 1. The number of pyridine rings is 1. The molecule has 0 aliphatic carbocycles. The Hall–Kier alpha value is -1.00. The van der Waals surface area contributed by atoms with Gasteiger partial charge in [-0.05, 0) is 30.2 Å². The van der Waals surface area contributed by atoms with E-state index in [1.165, 1.54) is 6.07 Å². The van der Waals surface area contributed by atoms with Crippen LogP contribution in [-0.4, -0.2) is 4.98 Å². The summed E-state index contributed by atoms with van der Waals surface area (Å²) >= 11 is 11.7. The maximum atomic E-state index is 12.9. The van der Waals surface area contributed by atoms with Crippen molar-refractivity contribution in [2.75, 3.05) is 0 Å². The van der Waals surface area contributed by atoms with Crippen molar-refractivity contribution < 1.29 is 13.2 Å². The van der Waals surface area contributed by atoms with Crippen LogP contribution in [0.25, 0.3) is 10.9 Å². The molecule has 2 rings (SSSR count). The summed E-state index contributed by atoms with van der Waals surface area (Å²) in [6.45, 7) is 1.96. The quantitative estimate of drug-likeness (QED) is 0.666. The van der Waals surface area contributed by atoms with Crippen LogP contribution in [0.3, 0.4) is 0 Å². The lowest BCUT2D eigenvalue weighted by Crippen LogP contribution is -2.07. The van der Waals surface area contributed by atoms with E-state index in [1.54, 1.807) is 6.07 Å². The molecular formula is C13H10Cl2F3N. The smallest absolute Gasteiger partial charge is 0.235 e. The second kappa shape index (κ2) is 5.17. The third-order valence-electron chi connectivity index (χ3n) is 2.73. The molecule has 0 N–H and O–H groups in total. The minimum absolute atomic E-state index is 0.0337. The van der Waals surface area contributed by atoms with E-state index in [1.807, 2.05) is 6.92 Å². The van der Waals surface area contributed by atoms with Gasteiger partial charge < -0.3 is 0 Å². The van der Waals surface area contributed by atoms with Gasteiger partial charge in [-0.2, -0.15) is 13.2 Å². The molecule has 0 amide bonds. The fraction of sp³-hybridized carbons (Fsp3) is 0.308. The van der Waals surface area contributed by atoms with Crippen molar-refractivity contribution in [1.82, 2.24) is 4.98 Å². The fourth-order valence-electron chi connectivity index (χ4n) is 1.93. The second-order valence-electron chi connectivity index (χ2n) is 4.21. The van der Waals surface area contributed by atoms with E-state index in [2.05, 4.69) is 4.98 Å². The molecule has 19 heavy (non-hydrogen) atoms. The molecule has 102 valence electrons. The Morgan fingerprint density at radius 3 is 2.42 bits per heavy atom. The van der Waals surface area contributed by atoms with Crippen LogP contribution in [0.4, 0.5) is 13.2 Å². The molecule has 0 aliphatic heterocycles. The molecule has 2 aromatic rings. The van der Waals surface area contributed by atoms with Crippen LogP contribution in [0, 0.1) is 0 Å². The minimum atomic E-state index is -4.51. The van der Waals surface area contributed by atoms with E-state index >= 15 is 0 Å². The molecule has 1 aromatic carbocycles. The Kier molecular flexibility index (Phi) is 3.92. The highest BCUT2D eigenvalue weighted by Gasteiger charge is 2.34. The van der Waals surface area contributed by atoms with E-state index in [0.717, 1.165) is 18.1 Å². The zero-order chi connectivity index (χ0) is 14.2. The highest BCUT2D eigenvalue weighted by molar-refractivity contribution is 6.32. The lowest BCUT2D eigenvalue weighted by molar-refractivity contribution is -0.136. The van der Waals surface area contributed by atoms with Crippen LogP contribution in [-0.2, 0) is 12.6 Å². The van der Waals surface area contributed by atoms with E-state index in [0.29, 0.717) is 11.8 Å². The molecule has 0 spiro atoms. The monoisotopic (exact) mass is 307 g/mol. The molecule has 1 nitrogen and oxygen atoms in total. The number of hydrogen-bond donors (Lipinski definition) is 0. The fourth-order valence-corrected chi connectivity index (χ4v) is 2.39. The number of aromatic nitrogens is 1. The van der Waals surface area contributed by atoms with Crippen LogP contribution in [0.5, 0.6) is 0 Å². The van der Waals surface area contributed by atoms with Crippen molar-refractivity contribution in [2.45, 2.75) is 25.9 Å². The Labute approximate surface area is 118 Å². The largest absolute Gasteiger partial charge is 0.418 e. The predicted molar refractivity (Wildman–Crippen MR) is 70.8 cm³/mol. The van der Waals surface area contributed by atoms with Gasteiger partial charge in [0.05, 0.1) is 11.1 Å². The van der Waals surface area contributed by atoms with Crippen molar-refractivity contribution in [3.05, 3.63) is 39.5 Å². The first-order chi connectivity index (χ1) is 8.82. The van der Waals surface area contributed by atoms with Gasteiger partial charge in [0.1, 0.15) is 5.15 Å². The number of fused-ring (bicyclic) bond motifs is 1. The molecule has 0 bridgehead atoms. The average Bonchev–Trinajstić information content (AvgIpc) is 2.29. The highest BCUT2D eigenvalue weighted by Crippen LogP contribution is 2.37. The molecule has 6 heteroatoms. The first kappa shape index (κ1) is 14.4. The van der Waals surface area contributed by atoms with Gasteiger partial charge >= 0.3 is 6.18 Å². The third kappa shape index (κ3) is 2.95. The van der Waals surface area contributed by atoms with Crippen LogP contribution >= 0.6 is 23.2 Å². The molecular weight excluding hydrogens is 298 g/mol. The number of benzene rings is 1. The minimum Gasteiger partial charge on any atom is -0.235 e. The standard InChI is InChI=1S/C13H10Cl2F3N/c1-2-3-7-4-8-5-9(14)6-10(13(16,17)18)11(8)19-12(7)15/h4-6H,2-3H2,1H3. The van der Waals surface area contributed by atoms with Crippen LogP contribution in [0.1, 0.15) is 24.5 Å². The summed E-state index contributed by atoms with van der Waals surface area (Å²) < 4.78 is 38.8. The number of nitrogens with zero attached hydrogens (tertiary/aromatic N) is 1. The summed E-state index contributed by atoms with van der Waals surface area (Å²) in [5, 5.41) is 0.501. The van der Waals surface area contributed by atoms with Gasteiger partial charge in [0.15, 0.2) is 0 Å². The zero-order valence-electron chi connectivity index (χ0n) is 9.98. The number of rotatable bonds is 2. The molecule has 1 heterocycles. The molecule has 0 atom stereocenters. The molecule has 0 aliphatic rings. The second-order valence-corrected chi connectivity index (χ2v) is 5.01. The molecule has 0 saturated carbocycles. The average molecular weight is 308 g/mol. The number of halogens is 5. The van der Waals surface area contributed by atoms with Gasteiger partial charge in [-0.3, -0.25) is 0 Å². The van der Waals surface area contributed by atoms with E-state index < -0.39 is 11.7 Å². The third-order valence-corrected chi connectivity index (χ3v) is 3.28. The van der Waals surface area contributed by atoms with Crippen molar-refractivity contribution in [3.8, 4) is 0 Å². The summed E-state index contributed by atoms with van der Waals surface area (Å²) in [6, 6.07) is 3.95. The maximum absolute atomic E-state index is 12.9. The molecule has 1 aromatic heterocycles. The molecule has 0 radical (unpaired) electrons. The molecule has 0 saturated heterocycles. The van der Waals surface area contributed by atoms with Crippen molar-refractivity contribution >= 4 is 34.1 Å². The van der Waals surface area contributed by atoms with E-state index in [4.69, 9.17) is 23.2 Å². The molecule has 0 fully saturated rings. The lowest BCUT2D eigenvalue weighted by atomic mass is 10.1. The Morgan fingerprint density at radius 1 is 1.16 bits per heavy atom. The van der Waals surface area contributed by atoms with Crippen LogP contribution in [0.15, 0.2) is 18.2 Å². The van der Waals surface area contributed by atoms with E-state index in [9.17, 15) is 13.2 Å². The van der Waals surface area contributed by atoms with Gasteiger partial charge in [-0.1, -0.05) is 36.5 Å². The summed E-state index contributed by atoms with van der Waals surface area (Å²) in [5.74, 6) is 0. The lowest BCUT2D eigenvalue weighted by Gasteiger charge is -2.12. The van der Waals surface area contributed by atoms with Gasteiger partial charge in [0.2, 0.25) is 0 Å². The number of alkyl halides is 3. The Bertz CT molecular complexity index is 623. The summed E-state index contributed by atoms with van der Waals surface area (Å²) in [5.41, 5.74) is -0.297. The first-order valence-electron chi connectivity index (χ1n) is 5.68. The zero-order valence-corrected chi connectivity index (χ0v) is 11.5. The summed E-state index contributed by atoms with van der Waals surface area (Å²) in [4.78, 5) is 3.89.